The topological polar surface area (TPSA) is 91.1 Å². The van der Waals surface area contributed by atoms with Crippen LogP contribution in [0.3, 0.4) is 0 Å². The fourth-order valence-corrected chi connectivity index (χ4v) is 3.49. The smallest absolute Gasteiger partial charge is 0.258 e. The van der Waals surface area contributed by atoms with Crippen molar-refractivity contribution >= 4 is 22.8 Å². The first-order valence-corrected chi connectivity index (χ1v) is 9.34. The van der Waals surface area contributed by atoms with Crippen molar-refractivity contribution in [3.63, 3.8) is 0 Å². The van der Waals surface area contributed by atoms with Gasteiger partial charge in [-0.2, -0.15) is 0 Å². The number of amides is 1. The van der Waals surface area contributed by atoms with Gasteiger partial charge < -0.3 is 16.0 Å². The van der Waals surface area contributed by atoms with Crippen LogP contribution in [0, 0.1) is 5.92 Å². The van der Waals surface area contributed by atoms with Gasteiger partial charge in [-0.25, -0.2) is 0 Å². The molecule has 3 rings (SSSR count). The number of fused-ring (bicyclic) bond motifs is 1. The molecule has 2 aromatic carbocycles. The van der Waals surface area contributed by atoms with Gasteiger partial charge in [0.15, 0.2) is 0 Å². The Kier molecular flexibility index (Phi) is 5.76. The van der Waals surface area contributed by atoms with E-state index in [0.717, 1.165) is 27.8 Å². The first-order chi connectivity index (χ1) is 13.4. The van der Waals surface area contributed by atoms with Crippen LogP contribution >= 0.6 is 0 Å². The summed E-state index contributed by atoms with van der Waals surface area (Å²) in [7, 11) is 0. The first-order valence-electron chi connectivity index (χ1n) is 9.34. The van der Waals surface area contributed by atoms with Crippen molar-refractivity contribution in [1.29, 1.82) is 0 Å². The summed E-state index contributed by atoms with van der Waals surface area (Å²) in [5.74, 6) is -0.208. The summed E-state index contributed by atoms with van der Waals surface area (Å²) in [6, 6.07) is 15.5. The van der Waals surface area contributed by atoms with Crippen LogP contribution in [-0.4, -0.2) is 10.5 Å². The van der Waals surface area contributed by atoms with E-state index in [1.807, 2.05) is 48.5 Å². The third kappa shape index (κ3) is 3.89. The molecule has 0 saturated heterocycles. The molecule has 0 atom stereocenters. The van der Waals surface area contributed by atoms with Crippen molar-refractivity contribution in [2.75, 3.05) is 0 Å². The minimum absolute atomic E-state index is 0.0470. The molecule has 28 heavy (non-hydrogen) atoms. The number of rotatable bonds is 6. The van der Waals surface area contributed by atoms with Crippen LogP contribution in [0.15, 0.2) is 59.4 Å². The molecule has 1 amide bonds. The van der Waals surface area contributed by atoms with E-state index >= 15 is 0 Å². The number of pyridine rings is 1. The molecule has 0 unspecified atom stereocenters. The number of aromatic nitrogens is 1. The molecule has 0 aliphatic heterocycles. The molecule has 0 aliphatic rings. The number of hydrogen-bond donors (Lipinski definition) is 2. The second-order valence-electron chi connectivity index (χ2n) is 7.24. The predicted molar refractivity (Wildman–Crippen MR) is 115 cm³/mol. The molecule has 5 nitrogen and oxygen atoms in total. The van der Waals surface area contributed by atoms with Crippen LogP contribution in [0.4, 0.5) is 0 Å². The quantitative estimate of drug-likeness (QED) is 0.648. The number of primary amides is 1. The Bertz CT molecular complexity index is 1100. The summed E-state index contributed by atoms with van der Waals surface area (Å²) in [6.07, 6.45) is 2.96. The van der Waals surface area contributed by atoms with Crippen molar-refractivity contribution in [2.45, 2.75) is 26.9 Å². The molecular weight excluding hydrogens is 350 g/mol. The minimum atomic E-state index is -0.515. The number of carbonyl (C=O) groups excluding carboxylic acids is 1. The van der Waals surface area contributed by atoms with Gasteiger partial charge in [0, 0.05) is 35.8 Å². The lowest BCUT2D eigenvalue weighted by Crippen LogP contribution is -2.28. The summed E-state index contributed by atoms with van der Waals surface area (Å²) in [6.45, 7) is 5.02. The van der Waals surface area contributed by atoms with Crippen molar-refractivity contribution in [3.8, 4) is 11.1 Å². The lowest BCUT2D eigenvalue weighted by Gasteiger charge is -2.20. The Morgan fingerprint density at radius 1 is 1.11 bits per heavy atom. The maximum Gasteiger partial charge on any atom is 0.258 e. The number of nitrogens with zero attached hydrogens (tertiary/aromatic N) is 1. The van der Waals surface area contributed by atoms with E-state index in [1.54, 1.807) is 10.6 Å². The second kappa shape index (κ2) is 8.23. The number of carbonyl (C=O) groups is 1. The van der Waals surface area contributed by atoms with E-state index in [2.05, 4.69) is 13.8 Å². The molecule has 0 radical (unpaired) electrons. The molecule has 1 heterocycles. The summed E-state index contributed by atoms with van der Waals surface area (Å²) in [5.41, 5.74) is 14.9. The Morgan fingerprint density at radius 3 is 2.43 bits per heavy atom. The molecule has 1 aromatic heterocycles. The van der Waals surface area contributed by atoms with Gasteiger partial charge in [0.1, 0.15) is 0 Å². The van der Waals surface area contributed by atoms with Crippen LogP contribution in [0.5, 0.6) is 0 Å². The molecule has 0 spiro atoms. The van der Waals surface area contributed by atoms with Crippen LogP contribution < -0.4 is 17.0 Å². The second-order valence-corrected chi connectivity index (χ2v) is 7.24. The third-order valence-electron chi connectivity index (χ3n) is 4.65. The average Bonchev–Trinajstić information content (AvgIpc) is 2.68. The maximum atomic E-state index is 13.2. The van der Waals surface area contributed by atoms with Gasteiger partial charge in [0.25, 0.3) is 5.56 Å². The van der Waals surface area contributed by atoms with Gasteiger partial charge in [0.2, 0.25) is 5.91 Å². The standard InChI is InChI=1S/C23H25N3O2/c1-15(2)14-26-20(13-24)22(17-6-4-3-5-7-17)19-12-16(9-11-21(25)27)8-10-18(19)23(26)28/h3-12,15H,13-14,24H2,1-2H3,(H2,25,27). The maximum absolute atomic E-state index is 13.2. The molecule has 4 N–H and O–H groups in total. The van der Waals surface area contributed by atoms with Crippen LogP contribution in [0.25, 0.3) is 28.0 Å². The minimum Gasteiger partial charge on any atom is -0.366 e. The van der Waals surface area contributed by atoms with E-state index in [4.69, 9.17) is 11.5 Å². The van der Waals surface area contributed by atoms with Gasteiger partial charge in [-0.05, 0) is 40.6 Å². The molecule has 144 valence electrons. The van der Waals surface area contributed by atoms with E-state index in [1.165, 1.54) is 6.08 Å². The highest BCUT2D eigenvalue weighted by atomic mass is 16.1. The van der Waals surface area contributed by atoms with Gasteiger partial charge in [-0.1, -0.05) is 50.2 Å². The molecular formula is C23H25N3O2. The molecule has 0 aliphatic carbocycles. The molecule has 0 saturated carbocycles. The van der Waals surface area contributed by atoms with Crippen LogP contribution in [-0.2, 0) is 17.9 Å². The van der Waals surface area contributed by atoms with Crippen molar-refractivity contribution in [2.24, 2.45) is 17.4 Å². The summed E-state index contributed by atoms with van der Waals surface area (Å²) in [5, 5.41) is 1.45. The highest BCUT2D eigenvalue weighted by Gasteiger charge is 2.18. The van der Waals surface area contributed by atoms with Gasteiger partial charge in [-0.3, -0.25) is 9.59 Å². The Hall–Kier alpha value is -3.18. The van der Waals surface area contributed by atoms with Gasteiger partial charge >= 0.3 is 0 Å². The van der Waals surface area contributed by atoms with Gasteiger partial charge in [-0.15, -0.1) is 0 Å². The molecule has 0 fully saturated rings. The van der Waals surface area contributed by atoms with E-state index < -0.39 is 5.91 Å². The normalized spacial score (nSPS) is 11.6. The Morgan fingerprint density at radius 2 is 1.82 bits per heavy atom. The number of nitrogens with two attached hydrogens (primary N) is 2. The van der Waals surface area contributed by atoms with Crippen LogP contribution in [0.2, 0.25) is 0 Å². The molecule has 0 bridgehead atoms. The van der Waals surface area contributed by atoms with Crippen molar-refractivity contribution in [3.05, 3.63) is 76.2 Å². The fourth-order valence-electron chi connectivity index (χ4n) is 3.49. The predicted octanol–water partition coefficient (Wildman–Crippen LogP) is 3.28. The van der Waals surface area contributed by atoms with Gasteiger partial charge in [0.05, 0.1) is 0 Å². The zero-order valence-corrected chi connectivity index (χ0v) is 16.2. The summed E-state index contributed by atoms with van der Waals surface area (Å²) < 4.78 is 1.80. The number of benzene rings is 2. The van der Waals surface area contributed by atoms with E-state index in [0.29, 0.717) is 17.8 Å². The fraction of sp³-hybridized carbons (Fsp3) is 0.217. The Balaban J connectivity index is 2.41. The zero-order valence-electron chi connectivity index (χ0n) is 16.2. The molecule has 3 aromatic rings. The lowest BCUT2D eigenvalue weighted by molar-refractivity contribution is -0.113. The molecule has 5 heteroatoms. The zero-order chi connectivity index (χ0) is 20.3. The van der Waals surface area contributed by atoms with Crippen molar-refractivity contribution in [1.82, 2.24) is 4.57 Å². The SMILES string of the molecule is CC(C)Cn1c(CN)c(-c2ccccc2)c2cc(C=CC(N)=O)ccc2c1=O. The first kappa shape index (κ1) is 19.6. The van der Waals surface area contributed by atoms with Crippen LogP contribution in [0.1, 0.15) is 25.1 Å². The summed E-state index contributed by atoms with van der Waals surface area (Å²) in [4.78, 5) is 24.3. The monoisotopic (exact) mass is 375 g/mol. The largest absolute Gasteiger partial charge is 0.366 e. The highest BCUT2D eigenvalue weighted by molar-refractivity contribution is 5.99. The summed E-state index contributed by atoms with van der Waals surface area (Å²) >= 11 is 0. The van der Waals surface area contributed by atoms with Crippen molar-refractivity contribution < 1.29 is 4.79 Å². The highest BCUT2D eigenvalue weighted by Crippen LogP contribution is 2.31. The number of hydrogen-bond acceptors (Lipinski definition) is 3. The average molecular weight is 375 g/mol. The van der Waals surface area contributed by atoms with E-state index in [-0.39, 0.29) is 12.1 Å². The lowest BCUT2D eigenvalue weighted by atomic mass is 9.95. The van der Waals surface area contributed by atoms with E-state index in [9.17, 15) is 9.59 Å². The Labute approximate surface area is 164 Å². The third-order valence-corrected chi connectivity index (χ3v) is 4.65.